The number of aliphatic hydroxyl groups is 1. The number of carbonyl (C=O) groups excluding carboxylic acids is 1. The maximum Gasteiger partial charge on any atom is 0.519 e. The van der Waals surface area contributed by atoms with E-state index in [1.807, 2.05) is 6.92 Å². The van der Waals surface area contributed by atoms with E-state index in [0.29, 0.717) is 18.2 Å². The lowest BCUT2D eigenvalue weighted by atomic mass is 10.1. The van der Waals surface area contributed by atoms with Crippen LogP contribution in [0.15, 0.2) is 19.0 Å². The summed E-state index contributed by atoms with van der Waals surface area (Å²) in [6.07, 6.45) is -3.01. The van der Waals surface area contributed by atoms with Crippen molar-refractivity contribution in [1.29, 1.82) is 0 Å². The second kappa shape index (κ2) is 13.0. The van der Waals surface area contributed by atoms with Gasteiger partial charge in [-0.15, -0.1) is 13.2 Å². The SMILES string of the molecule is C=CC(F)F.CCCc1ncnc(N[C@H](C)C(=O)N2CCC2)c1F.OC(F)(F)F. The maximum absolute atomic E-state index is 14.1. The van der Waals surface area contributed by atoms with Crippen LogP contribution in [0.5, 0.6) is 0 Å². The first-order valence-electron chi connectivity index (χ1n) is 8.65. The molecule has 12 heteroatoms. The van der Waals surface area contributed by atoms with Crippen LogP contribution in [0, 0.1) is 5.82 Å². The van der Waals surface area contributed by atoms with E-state index in [0.717, 1.165) is 25.9 Å². The molecule has 1 fully saturated rings. The minimum atomic E-state index is -5.00. The van der Waals surface area contributed by atoms with Gasteiger partial charge in [-0.05, 0) is 25.8 Å². The number of allylic oxidation sites excluding steroid dienone is 1. The molecule has 166 valence electrons. The molecule has 1 aromatic heterocycles. The number of amides is 1. The fourth-order valence-electron chi connectivity index (χ4n) is 2.00. The molecule has 0 aromatic carbocycles. The summed E-state index contributed by atoms with van der Waals surface area (Å²) in [5.41, 5.74) is 0.392. The van der Waals surface area contributed by atoms with Crippen LogP contribution in [0.3, 0.4) is 0 Å². The minimum Gasteiger partial charge on any atom is -0.356 e. The number of hydrogen-bond acceptors (Lipinski definition) is 5. The standard InChI is InChI=1S/C13H19FN4O.C3H4F2.CHF3O/c1-3-5-10-11(14)12(16-8-15-10)17-9(2)13(19)18-6-4-7-18;1-2-3(4)5;2-1(3,4)5/h8-9H,3-7H2,1-2H3,(H,15,16,17);2-3H,1H2;5H/t9-;;/m1../s1. The highest BCUT2D eigenvalue weighted by atomic mass is 19.4. The summed E-state index contributed by atoms with van der Waals surface area (Å²) in [4.78, 5) is 21.5. The van der Waals surface area contributed by atoms with Crippen LogP contribution in [-0.4, -0.2) is 57.8 Å². The Bertz CT molecular complexity index is 633. The molecule has 1 atom stereocenters. The minimum absolute atomic E-state index is 0.0127. The van der Waals surface area contributed by atoms with Crippen LogP contribution < -0.4 is 5.32 Å². The maximum atomic E-state index is 14.1. The zero-order valence-corrected chi connectivity index (χ0v) is 16.0. The van der Waals surface area contributed by atoms with E-state index in [1.165, 1.54) is 6.33 Å². The molecule has 1 aliphatic rings. The Morgan fingerprint density at radius 2 is 1.90 bits per heavy atom. The molecule has 1 aromatic rings. The molecule has 0 unspecified atom stereocenters. The molecule has 6 nitrogen and oxygen atoms in total. The summed E-state index contributed by atoms with van der Waals surface area (Å²) < 4.78 is 65.1. The van der Waals surface area contributed by atoms with Gasteiger partial charge >= 0.3 is 6.36 Å². The Hall–Kier alpha value is -2.37. The molecule has 0 saturated carbocycles. The van der Waals surface area contributed by atoms with Crippen LogP contribution in [0.1, 0.15) is 32.4 Å². The number of aryl methyl sites for hydroxylation is 1. The zero-order valence-electron chi connectivity index (χ0n) is 16.0. The van der Waals surface area contributed by atoms with Crippen LogP contribution in [0.4, 0.5) is 32.2 Å². The topological polar surface area (TPSA) is 78.4 Å². The largest absolute Gasteiger partial charge is 0.519 e. The molecular formula is C17H24F6N4O2. The third kappa shape index (κ3) is 11.9. The summed E-state index contributed by atoms with van der Waals surface area (Å²) in [6.45, 7) is 8.08. The van der Waals surface area contributed by atoms with Gasteiger partial charge in [0, 0.05) is 13.1 Å². The molecule has 0 aliphatic carbocycles. The van der Waals surface area contributed by atoms with Gasteiger partial charge in [0.1, 0.15) is 12.4 Å². The highest BCUT2D eigenvalue weighted by Crippen LogP contribution is 2.16. The van der Waals surface area contributed by atoms with Crippen molar-refractivity contribution in [2.24, 2.45) is 0 Å². The van der Waals surface area contributed by atoms with Gasteiger partial charge in [-0.1, -0.05) is 19.9 Å². The molecule has 29 heavy (non-hydrogen) atoms. The summed E-state index contributed by atoms with van der Waals surface area (Å²) in [5.74, 6) is -0.353. The Labute approximate surface area is 164 Å². The molecule has 1 aliphatic heterocycles. The Morgan fingerprint density at radius 3 is 2.28 bits per heavy atom. The molecule has 0 radical (unpaired) electrons. The average Bonchev–Trinajstić information content (AvgIpc) is 2.56. The van der Waals surface area contributed by atoms with Crippen molar-refractivity contribution in [3.8, 4) is 0 Å². The Kier molecular flexibility index (Phi) is 11.9. The van der Waals surface area contributed by atoms with Crippen molar-refractivity contribution in [2.75, 3.05) is 18.4 Å². The highest BCUT2D eigenvalue weighted by Gasteiger charge is 2.26. The second-order valence-corrected chi connectivity index (χ2v) is 5.82. The molecule has 0 bridgehead atoms. The third-order valence-electron chi connectivity index (χ3n) is 3.42. The number of anilines is 1. The van der Waals surface area contributed by atoms with E-state index in [1.54, 1.807) is 11.8 Å². The van der Waals surface area contributed by atoms with Gasteiger partial charge in [0.15, 0.2) is 11.6 Å². The van der Waals surface area contributed by atoms with Gasteiger partial charge in [0.2, 0.25) is 5.91 Å². The second-order valence-electron chi connectivity index (χ2n) is 5.82. The number of likely N-dealkylation sites (tertiary alicyclic amines) is 1. The number of nitrogens with one attached hydrogen (secondary N) is 1. The first-order valence-corrected chi connectivity index (χ1v) is 8.65. The van der Waals surface area contributed by atoms with E-state index in [4.69, 9.17) is 5.11 Å². The van der Waals surface area contributed by atoms with Crippen molar-refractivity contribution in [1.82, 2.24) is 14.9 Å². The number of rotatable bonds is 6. The third-order valence-corrected chi connectivity index (χ3v) is 3.42. The summed E-state index contributed by atoms with van der Waals surface area (Å²) in [5, 5.41) is 9.36. The van der Waals surface area contributed by atoms with Crippen molar-refractivity contribution >= 4 is 11.7 Å². The molecular weight excluding hydrogens is 406 g/mol. The number of halogens is 6. The lowest BCUT2D eigenvalue weighted by Crippen LogP contribution is -2.48. The molecule has 2 rings (SSSR count). The summed E-state index contributed by atoms with van der Waals surface area (Å²) in [6, 6.07) is -0.473. The lowest BCUT2D eigenvalue weighted by molar-refractivity contribution is -0.295. The fraction of sp³-hybridized carbons (Fsp3) is 0.588. The number of nitrogens with zero attached hydrogens (tertiary/aromatic N) is 3. The lowest BCUT2D eigenvalue weighted by Gasteiger charge is -2.33. The van der Waals surface area contributed by atoms with Crippen molar-refractivity contribution in [2.45, 2.75) is 51.9 Å². The van der Waals surface area contributed by atoms with E-state index >= 15 is 0 Å². The Morgan fingerprint density at radius 1 is 1.38 bits per heavy atom. The number of carbonyl (C=O) groups is 1. The molecule has 2 N–H and O–H groups in total. The van der Waals surface area contributed by atoms with Gasteiger partial charge in [0.25, 0.3) is 6.43 Å². The van der Waals surface area contributed by atoms with Gasteiger partial charge in [0.05, 0.1) is 5.69 Å². The van der Waals surface area contributed by atoms with Gasteiger partial charge < -0.3 is 15.3 Å². The summed E-state index contributed by atoms with van der Waals surface area (Å²) in [7, 11) is 0. The first-order chi connectivity index (χ1) is 13.4. The van der Waals surface area contributed by atoms with Crippen molar-refractivity contribution in [3.63, 3.8) is 0 Å². The quantitative estimate of drug-likeness (QED) is 0.533. The van der Waals surface area contributed by atoms with Crippen LogP contribution >= 0.6 is 0 Å². The van der Waals surface area contributed by atoms with Crippen LogP contribution in [-0.2, 0) is 11.2 Å². The van der Waals surface area contributed by atoms with Gasteiger partial charge in [-0.2, -0.15) is 0 Å². The van der Waals surface area contributed by atoms with E-state index in [-0.39, 0.29) is 11.7 Å². The van der Waals surface area contributed by atoms with E-state index in [9.17, 15) is 31.1 Å². The number of hydrogen-bond donors (Lipinski definition) is 2. The molecule has 1 saturated heterocycles. The smallest absolute Gasteiger partial charge is 0.356 e. The van der Waals surface area contributed by atoms with Crippen LogP contribution in [0.25, 0.3) is 0 Å². The zero-order chi connectivity index (χ0) is 22.6. The van der Waals surface area contributed by atoms with Gasteiger partial charge in [-0.25, -0.2) is 23.1 Å². The fourth-order valence-corrected chi connectivity index (χ4v) is 2.00. The normalized spacial score (nSPS) is 13.9. The van der Waals surface area contributed by atoms with Crippen molar-refractivity contribution in [3.05, 3.63) is 30.5 Å². The van der Waals surface area contributed by atoms with Gasteiger partial charge in [-0.3, -0.25) is 4.79 Å². The molecule has 1 amide bonds. The molecule has 0 spiro atoms. The monoisotopic (exact) mass is 430 g/mol. The predicted octanol–water partition coefficient (Wildman–Crippen LogP) is 3.54. The first kappa shape index (κ1) is 26.6. The molecule has 2 heterocycles. The highest BCUT2D eigenvalue weighted by molar-refractivity contribution is 5.84. The van der Waals surface area contributed by atoms with Crippen molar-refractivity contribution < 1.29 is 36.2 Å². The predicted molar refractivity (Wildman–Crippen MR) is 94.7 cm³/mol. The van der Waals surface area contributed by atoms with E-state index < -0.39 is 24.6 Å². The van der Waals surface area contributed by atoms with Crippen LogP contribution in [0.2, 0.25) is 0 Å². The summed E-state index contributed by atoms with van der Waals surface area (Å²) >= 11 is 0. The van der Waals surface area contributed by atoms with E-state index in [2.05, 4.69) is 21.9 Å². The number of aromatic nitrogens is 2. The Balaban J connectivity index is 0.000000653. The number of alkyl halides is 5. The average molecular weight is 430 g/mol.